The van der Waals surface area contributed by atoms with E-state index in [1.165, 1.54) is 15.9 Å². The van der Waals surface area contributed by atoms with E-state index in [9.17, 15) is 39.9 Å². The molecule has 184 valence electrons. The number of benzene rings is 1. The number of hydrogen-bond acceptors (Lipinski definition) is 6. The first-order valence-electron chi connectivity index (χ1n) is 9.86. The maximum atomic E-state index is 13.1. The Morgan fingerprint density at radius 1 is 1.09 bits per heavy atom. The Balaban J connectivity index is 1.87. The third kappa shape index (κ3) is 4.70. The average Bonchev–Trinajstić information content (AvgIpc) is 3.28. The number of alkyl halides is 6. The van der Waals surface area contributed by atoms with E-state index in [1.54, 1.807) is 4.90 Å². The van der Waals surface area contributed by atoms with Crippen molar-refractivity contribution in [2.45, 2.75) is 48.1 Å². The van der Waals surface area contributed by atoms with Crippen LogP contribution in [-0.2, 0) is 15.6 Å². The normalized spacial score (nSPS) is 19.2. The molecule has 0 radical (unpaired) electrons. The first-order valence-corrected chi connectivity index (χ1v) is 12.2. The van der Waals surface area contributed by atoms with E-state index >= 15 is 0 Å². The second-order valence-electron chi connectivity index (χ2n) is 7.55. The fraction of sp³-hybridized carbons (Fsp3) is 0.526. The summed E-state index contributed by atoms with van der Waals surface area (Å²) in [6, 6.07) is 2.99. The van der Waals surface area contributed by atoms with Crippen molar-refractivity contribution in [3.05, 3.63) is 41.4 Å². The second kappa shape index (κ2) is 9.04. The Bertz CT molecular complexity index is 1030. The summed E-state index contributed by atoms with van der Waals surface area (Å²) < 4.78 is 106. The highest BCUT2D eigenvalue weighted by Gasteiger charge is 2.71. The Kier molecular flexibility index (Phi) is 7.05. The van der Waals surface area contributed by atoms with Crippen molar-refractivity contribution >= 4 is 27.0 Å². The lowest BCUT2D eigenvalue weighted by Gasteiger charge is -2.42. The molecule has 0 unspecified atom stereocenters. The van der Waals surface area contributed by atoms with Gasteiger partial charge in [0.1, 0.15) is 0 Å². The van der Waals surface area contributed by atoms with Crippen LogP contribution in [0.15, 0.2) is 40.2 Å². The van der Waals surface area contributed by atoms with Crippen LogP contribution in [0.5, 0.6) is 0 Å². The smallest absolute Gasteiger partial charge is 0.369 e. The van der Waals surface area contributed by atoms with Gasteiger partial charge >= 0.3 is 12.4 Å². The summed E-state index contributed by atoms with van der Waals surface area (Å²) in [5, 5.41) is 11.1. The SMILES string of the molecule is CCC[C@H]1CN(S(=O)(=O)c2nccs2)CCN1c1ccc(C(O)(C(F)(F)F)C(F)(F)F)cc1. The first-order chi connectivity index (χ1) is 15.2. The van der Waals surface area contributed by atoms with Gasteiger partial charge in [0, 0.05) is 48.5 Å². The molecule has 1 aromatic heterocycles. The molecule has 0 bridgehead atoms. The lowest BCUT2D eigenvalue weighted by Crippen LogP contribution is -2.55. The predicted octanol–water partition coefficient (Wildman–Crippen LogP) is 4.13. The lowest BCUT2D eigenvalue weighted by molar-refractivity contribution is -0.376. The van der Waals surface area contributed by atoms with Gasteiger partial charge in [-0.1, -0.05) is 25.5 Å². The molecule has 1 aliphatic rings. The number of rotatable bonds is 6. The molecule has 14 heteroatoms. The maximum absolute atomic E-state index is 13.1. The Morgan fingerprint density at radius 3 is 2.18 bits per heavy atom. The fourth-order valence-corrected chi connectivity index (χ4v) is 6.23. The minimum atomic E-state index is -5.96. The van der Waals surface area contributed by atoms with E-state index < -0.39 is 33.5 Å². The maximum Gasteiger partial charge on any atom is 0.430 e. The molecule has 3 rings (SSSR count). The lowest BCUT2D eigenvalue weighted by atomic mass is 9.92. The Labute approximate surface area is 190 Å². The first kappa shape index (κ1) is 25.7. The van der Waals surface area contributed by atoms with Crippen LogP contribution < -0.4 is 4.90 Å². The van der Waals surface area contributed by atoms with Crippen molar-refractivity contribution in [1.82, 2.24) is 9.29 Å². The molecule has 2 heterocycles. The zero-order valence-electron chi connectivity index (χ0n) is 17.3. The van der Waals surface area contributed by atoms with Crippen LogP contribution in [0.4, 0.5) is 32.0 Å². The monoisotopic (exact) mass is 517 g/mol. The van der Waals surface area contributed by atoms with Gasteiger partial charge in [-0.2, -0.15) is 30.6 Å². The molecule has 0 aliphatic carbocycles. The van der Waals surface area contributed by atoms with Crippen molar-refractivity contribution in [3.8, 4) is 0 Å². The van der Waals surface area contributed by atoms with Crippen molar-refractivity contribution < 1.29 is 39.9 Å². The quantitative estimate of drug-likeness (QED) is 0.584. The van der Waals surface area contributed by atoms with Gasteiger partial charge < -0.3 is 10.0 Å². The van der Waals surface area contributed by atoms with Gasteiger partial charge in [-0.05, 0) is 18.6 Å². The number of anilines is 1. The van der Waals surface area contributed by atoms with Crippen molar-refractivity contribution in [1.29, 1.82) is 0 Å². The molecule has 1 fully saturated rings. The zero-order chi connectivity index (χ0) is 24.7. The van der Waals surface area contributed by atoms with Crippen LogP contribution in [0.25, 0.3) is 0 Å². The summed E-state index contributed by atoms with van der Waals surface area (Å²) in [4.78, 5) is 5.60. The van der Waals surface area contributed by atoms with Crippen molar-refractivity contribution in [3.63, 3.8) is 0 Å². The van der Waals surface area contributed by atoms with Crippen molar-refractivity contribution in [2.24, 2.45) is 0 Å². The summed E-state index contributed by atoms with van der Waals surface area (Å²) in [6.07, 6.45) is -9.34. The topological polar surface area (TPSA) is 73.7 Å². The highest BCUT2D eigenvalue weighted by atomic mass is 32.2. The van der Waals surface area contributed by atoms with Gasteiger partial charge in [-0.15, -0.1) is 11.3 Å². The van der Waals surface area contributed by atoms with Gasteiger partial charge in [-0.25, -0.2) is 13.4 Å². The highest BCUT2D eigenvalue weighted by Crippen LogP contribution is 2.50. The summed E-state index contributed by atoms with van der Waals surface area (Å²) in [7, 11) is -3.80. The third-order valence-electron chi connectivity index (χ3n) is 5.47. The number of hydrogen-bond donors (Lipinski definition) is 1. The van der Waals surface area contributed by atoms with Crippen molar-refractivity contribution in [2.75, 3.05) is 24.5 Å². The molecule has 1 N–H and O–H groups in total. The molecule has 0 saturated carbocycles. The number of aromatic nitrogens is 1. The van der Waals surface area contributed by atoms with Gasteiger partial charge in [0.2, 0.25) is 4.34 Å². The van der Waals surface area contributed by atoms with E-state index in [-0.39, 0.29) is 30.0 Å². The van der Waals surface area contributed by atoms with Crippen LogP contribution in [0.1, 0.15) is 25.3 Å². The van der Waals surface area contributed by atoms with Gasteiger partial charge in [-0.3, -0.25) is 0 Å². The number of piperazine rings is 1. The summed E-state index contributed by atoms with van der Waals surface area (Å²) >= 11 is 0.981. The molecule has 1 aliphatic heterocycles. The van der Waals surface area contributed by atoms with E-state index in [4.69, 9.17) is 0 Å². The van der Waals surface area contributed by atoms with Crippen LogP contribution in [0.3, 0.4) is 0 Å². The highest BCUT2D eigenvalue weighted by molar-refractivity contribution is 7.91. The van der Waals surface area contributed by atoms with E-state index in [0.717, 1.165) is 23.5 Å². The van der Waals surface area contributed by atoms with Gasteiger partial charge in [0.25, 0.3) is 15.6 Å². The van der Waals surface area contributed by atoms with E-state index in [1.807, 2.05) is 6.92 Å². The summed E-state index contributed by atoms with van der Waals surface area (Å²) in [5.41, 5.74) is -6.01. The van der Waals surface area contributed by atoms with Crippen LogP contribution >= 0.6 is 11.3 Å². The van der Waals surface area contributed by atoms with Gasteiger partial charge in [0.15, 0.2) is 0 Å². The molecule has 1 saturated heterocycles. The summed E-state index contributed by atoms with van der Waals surface area (Å²) in [6.45, 7) is 2.21. The number of nitrogens with zero attached hydrogens (tertiary/aromatic N) is 3. The van der Waals surface area contributed by atoms with E-state index in [0.29, 0.717) is 30.7 Å². The second-order valence-corrected chi connectivity index (χ2v) is 10.6. The van der Waals surface area contributed by atoms with Crippen LogP contribution in [0, 0.1) is 0 Å². The number of halogens is 6. The fourth-order valence-electron chi connectivity index (χ4n) is 3.80. The Morgan fingerprint density at radius 2 is 1.70 bits per heavy atom. The minimum Gasteiger partial charge on any atom is -0.369 e. The summed E-state index contributed by atoms with van der Waals surface area (Å²) in [5.74, 6) is 0. The molecule has 1 atom stereocenters. The number of aliphatic hydroxyl groups is 1. The van der Waals surface area contributed by atoms with Crippen LogP contribution in [-0.4, -0.2) is 60.8 Å². The molecule has 0 spiro atoms. The zero-order valence-corrected chi connectivity index (χ0v) is 18.9. The number of thiazole rings is 1. The standard InChI is InChI=1S/C19H21F6N3O3S2/c1-2-3-15-12-27(33(30,31)16-26-8-11-32-16)9-10-28(15)14-6-4-13(5-7-14)17(29,18(20,21)22)19(23,24)25/h4-8,11,15,29H,2-3,9-10,12H2,1H3/t15-/m0/s1. The molecule has 0 amide bonds. The largest absolute Gasteiger partial charge is 0.430 e. The molecule has 2 aromatic rings. The Hall–Kier alpha value is -1.90. The van der Waals surface area contributed by atoms with E-state index in [2.05, 4.69) is 4.98 Å². The minimum absolute atomic E-state index is 0.0471. The molecule has 6 nitrogen and oxygen atoms in total. The van der Waals surface area contributed by atoms with Crippen LogP contribution in [0.2, 0.25) is 0 Å². The third-order valence-corrected chi connectivity index (χ3v) is 8.52. The predicted molar refractivity (Wildman–Crippen MR) is 109 cm³/mol. The molecule has 1 aromatic carbocycles. The average molecular weight is 518 g/mol. The molecular formula is C19H21F6N3O3S2. The molecular weight excluding hydrogens is 496 g/mol. The molecule has 33 heavy (non-hydrogen) atoms. The number of sulfonamides is 1. The van der Waals surface area contributed by atoms with Gasteiger partial charge in [0.05, 0.1) is 0 Å².